The first-order valence-electron chi connectivity index (χ1n) is 6.69. The zero-order valence-corrected chi connectivity index (χ0v) is 11.5. The Morgan fingerprint density at radius 2 is 1.89 bits per heavy atom. The van der Waals surface area contributed by atoms with Crippen LogP contribution in [-0.4, -0.2) is 58.6 Å². The lowest BCUT2D eigenvalue weighted by Crippen LogP contribution is -2.49. The van der Waals surface area contributed by atoms with Gasteiger partial charge in [-0.2, -0.15) is 0 Å². The number of morpholine rings is 1. The Bertz CT molecular complexity index is 335. The summed E-state index contributed by atoms with van der Waals surface area (Å²) in [5.41, 5.74) is 0. The van der Waals surface area contributed by atoms with E-state index in [1.807, 2.05) is 0 Å². The lowest BCUT2D eigenvalue weighted by molar-refractivity contribution is 0.0272. The van der Waals surface area contributed by atoms with Crippen LogP contribution in [0.2, 0.25) is 0 Å². The van der Waals surface area contributed by atoms with Crippen LogP contribution in [0.5, 0.6) is 0 Å². The molecule has 2 fully saturated rings. The first-order chi connectivity index (χ1) is 8.66. The molecule has 0 bridgehead atoms. The van der Waals surface area contributed by atoms with Crippen LogP contribution < -0.4 is 10.1 Å². The fraction of sp³-hybridized carbons (Fsp3) is 1.00. The van der Waals surface area contributed by atoms with Gasteiger partial charge in [-0.1, -0.05) is 0 Å². The van der Waals surface area contributed by atoms with Gasteiger partial charge in [0.2, 0.25) is 10.0 Å². The van der Waals surface area contributed by atoms with Crippen molar-refractivity contribution < 1.29 is 13.2 Å². The predicted octanol–water partition coefficient (Wildman–Crippen LogP) is -0.457. The van der Waals surface area contributed by atoms with Crippen LogP contribution in [0.1, 0.15) is 19.3 Å². The van der Waals surface area contributed by atoms with Crippen LogP contribution in [0.25, 0.3) is 0 Å². The molecule has 0 spiro atoms. The summed E-state index contributed by atoms with van der Waals surface area (Å²) in [6.45, 7) is 4.48. The summed E-state index contributed by atoms with van der Waals surface area (Å²) in [6, 6.07) is 0. The second-order valence-electron chi connectivity index (χ2n) is 4.99. The molecule has 0 aromatic carbocycles. The van der Waals surface area contributed by atoms with Crippen LogP contribution in [0.15, 0.2) is 0 Å². The van der Waals surface area contributed by atoms with Gasteiger partial charge >= 0.3 is 0 Å². The molecule has 18 heavy (non-hydrogen) atoms. The Hall–Kier alpha value is -0.210. The molecule has 0 aromatic rings. The van der Waals surface area contributed by atoms with E-state index in [2.05, 4.69) is 10.1 Å². The zero-order valence-electron chi connectivity index (χ0n) is 10.7. The number of nitrogens with zero attached hydrogens (tertiary/aromatic N) is 1. The third-order valence-corrected chi connectivity index (χ3v) is 4.84. The molecule has 0 radical (unpaired) electrons. The highest BCUT2D eigenvalue weighted by atomic mass is 32.2. The zero-order chi connectivity index (χ0) is 12.8. The Morgan fingerprint density at radius 3 is 2.56 bits per heavy atom. The fourth-order valence-corrected chi connectivity index (χ4v) is 3.70. The second kappa shape index (κ2) is 6.81. The highest BCUT2D eigenvalue weighted by Crippen LogP contribution is 2.16. The van der Waals surface area contributed by atoms with Crippen LogP contribution >= 0.6 is 0 Å². The van der Waals surface area contributed by atoms with Crippen molar-refractivity contribution in [2.24, 2.45) is 5.92 Å². The van der Waals surface area contributed by atoms with Crippen molar-refractivity contribution in [3.05, 3.63) is 0 Å². The van der Waals surface area contributed by atoms with Crippen molar-refractivity contribution in [3.63, 3.8) is 0 Å². The van der Waals surface area contributed by atoms with Crippen molar-refractivity contribution in [1.29, 1.82) is 0 Å². The third-order valence-electron chi connectivity index (χ3n) is 3.53. The molecule has 2 aliphatic heterocycles. The van der Waals surface area contributed by atoms with E-state index in [-0.39, 0.29) is 5.75 Å². The molecule has 0 aromatic heterocycles. The quantitative estimate of drug-likeness (QED) is 0.712. The fourth-order valence-electron chi connectivity index (χ4n) is 2.39. The normalized spacial score (nSPS) is 24.2. The smallest absolute Gasteiger partial charge is 0.224 e. The Balaban J connectivity index is 1.72. The minimum Gasteiger partial charge on any atom is -0.379 e. The summed E-state index contributed by atoms with van der Waals surface area (Å²) >= 11 is 0. The first kappa shape index (κ1) is 14.2. The first-order valence-corrected chi connectivity index (χ1v) is 8.34. The van der Waals surface area contributed by atoms with E-state index >= 15 is 0 Å². The van der Waals surface area contributed by atoms with Crippen LogP contribution in [0, 0.1) is 5.92 Å². The maximum Gasteiger partial charge on any atom is 0.224 e. The average molecular weight is 277 g/mol. The van der Waals surface area contributed by atoms with Crippen LogP contribution in [0.4, 0.5) is 0 Å². The van der Waals surface area contributed by atoms with Gasteiger partial charge in [-0.05, 0) is 38.3 Å². The van der Waals surface area contributed by atoms with Gasteiger partial charge < -0.3 is 10.1 Å². The highest BCUT2D eigenvalue weighted by molar-refractivity contribution is 7.89. The summed E-state index contributed by atoms with van der Waals surface area (Å²) in [4.78, 5) is 2.64. The number of piperidine rings is 1. The Kier molecular flexibility index (Phi) is 5.38. The van der Waals surface area contributed by atoms with Gasteiger partial charge in [0.25, 0.3) is 0 Å². The van der Waals surface area contributed by atoms with Crippen molar-refractivity contribution in [3.8, 4) is 0 Å². The van der Waals surface area contributed by atoms with Crippen molar-refractivity contribution >= 4 is 10.0 Å². The van der Waals surface area contributed by atoms with E-state index in [0.717, 1.165) is 32.4 Å². The van der Waals surface area contributed by atoms with Crippen molar-refractivity contribution in [1.82, 2.24) is 15.2 Å². The van der Waals surface area contributed by atoms with Crippen molar-refractivity contribution in [2.75, 3.05) is 45.1 Å². The molecule has 6 nitrogen and oxygen atoms in total. The number of rotatable bonds is 5. The minimum absolute atomic E-state index is 0.231. The minimum atomic E-state index is -3.18. The van der Waals surface area contributed by atoms with Gasteiger partial charge in [-0.3, -0.25) is 0 Å². The molecular formula is C11H23N3O3S. The molecular weight excluding hydrogens is 254 g/mol. The Labute approximate surface area is 109 Å². The molecule has 0 aliphatic carbocycles. The van der Waals surface area contributed by atoms with E-state index in [1.165, 1.54) is 0 Å². The lowest BCUT2D eigenvalue weighted by atomic mass is 9.96. The monoisotopic (exact) mass is 277 g/mol. The number of ether oxygens (including phenoxy) is 1. The van der Waals surface area contributed by atoms with Gasteiger partial charge in [0.1, 0.15) is 0 Å². The highest BCUT2D eigenvalue weighted by Gasteiger charge is 2.20. The van der Waals surface area contributed by atoms with Gasteiger partial charge in [-0.15, -0.1) is 4.83 Å². The number of hydrazine groups is 1. The molecule has 0 saturated carbocycles. The summed E-state index contributed by atoms with van der Waals surface area (Å²) in [7, 11) is -3.18. The summed E-state index contributed by atoms with van der Waals surface area (Å²) in [5, 5.41) is 5.03. The van der Waals surface area contributed by atoms with Gasteiger partial charge in [0.05, 0.1) is 19.0 Å². The molecule has 2 aliphatic rings. The molecule has 106 valence electrons. The van der Waals surface area contributed by atoms with E-state index in [9.17, 15) is 8.42 Å². The SMILES string of the molecule is O=S(=O)(CCC1CCNCC1)NN1CCOCC1. The van der Waals surface area contributed by atoms with Gasteiger partial charge in [0.15, 0.2) is 0 Å². The van der Waals surface area contributed by atoms with E-state index < -0.39 is 10.0 Å². The summed E-state index contributed by atoms with van der Waals surface area (Å²) in [5.74, 6) is 0.780. The maximum absolute atomic E-state index is 11.9. The summed E-state index contributed by atoms with van der Waals surface area (Å²) < 4.78 is 29.1. The lowest BCUT2D eigenvalue weighted by Gasteiger charge is -2.27. The van der Waals surface area contributed by atoms with Crippen LogP contribution in [0.3, 0.4) is 0 Å². The molecule has 0 amide bonds. The molecule has 2 heterocycles. The average Bonchev–Trinajstić information content (AvgIpc) is 2.38. The topological polar surface area (TPSA) is 70.7 Å². The molecule has 2 rings (SSSR count). The predicted molar refractivity (Wildman–Crippen MR) is 69.5 cm³/mol. The number of hydrogen-bond donors (Lipinski definition) is 2. The van der Waals surface area contributed by atoms with E-state index in [0.29, 0.717) is 32.2 Å². The number of hydrogen-bond acceptors (Lipinski definition) is 5. The molecule has 0 atom stereocenters. The molecule has 2 N–H and O–H groups in total. The van der Waals surface area contributed by atoms with E-state index in [4.69, 9.17) is 4.74 Å². The maximum atomic E-state index is 11.9. The van der Waals surface area contributed by atoms with Crippen LogP contribution in [-0.2, 0) is 14.8 Å². The van der Waals surface area contributed by atoms with Gasteiger partial charge in [-0.25, -0.2) is 13.4 Å². The second-order valence-corrected chi connectivity index (χ2v) is 6.81. The van der Waals surface area contributed by atoms with Crippen molar-refractivity contribution in [2.45, 2.75) is 19.3 Å². The molecule has 0 unspecified atom stereocenters. The number of nitrogens with one attached hydrogen (secondary N) is 2. The number of sulfonamides is 1. The molecule has 7 heteroatoms. The third kappa shape index (κ3) is 4.81. The Morgan fingerprint density at radius 1 is 1.22 bits per heavy atom. The van der Waals surface area contributed by atoms with Gasteiger partial charge in [0, 0.05) is 13.1 Å². The summed E-state index contributed by atoms with van der Waals surface area (Å²) in [6.07, 6.45) is 2.95. The standard InChI is InChI=1S/C11H23N3O3S/c15-18(16,13-14-6-8-17-9-7-14)10-3-11-1-4-12-5-2-11/h11-13H,1-10H2. The van der Waals surface area contributed by atoms with E-state index in [1.54, 1.807) is 5.01 Å². The largest absolute Gasteiger partial charge is 0.379 e. The molecule has 2 saturated heterocycles.